The second-order valence-corrected chi connectivity index (χ2v) is 5.27. The van der Waals surface area contributed by atoms with E-state index in [0.717, 1.165) is 6.42 Å². The normalized spacial score (nSPS) is 12.5. The smallest absolute Gasteiger partial charge is 0.0595 e. The van der Waals surface area contributed by atoms with Crippen LogP contribution in [0.25, 0.3) is 10.8 Å². The SMILES string of the molecule is CCc1ccc(C(NC)c2cncc3ccccc23)cc1. The van der Waals surface area contributed by atoms with Crippen LogP contribution >= 0.6 is 0 Å². The quantitative estimate of drug-likeness (QED) is 0.776. The van der Waals surface area contributed by atoms with E-state index >= 15 is 0 Å². The second-order valence-electron chi connectivity index (χ2n) is 5.27. The zero-order valence-corrected chi connectivity index (χ0v) is 12.5. The molecule has 0 saturated heterocycles. The highest BCUT2D eigenvalue weighted by Crippen LogP contribution is 2.28. The molecule has 0 amide bonds. The molecule has 0 spiro atoms. The Labute approximate surface area is 125 Å². The van der Waals surface area contributed by atoms with Crippen LogP contribution < -0.4 is 5.32 Å². The number of benzene rings is 2. The van der Waals surface area contributed by atoms with Crippen LogP contribution in [0.2, 0.25) is 0 Å². The standard InChI is InChI=1S/C19H20N2/c1-3-14-8-10-15(11-9-14)19(20-2)18-13-21-12-16-6-4-5-7-17(16)18/h4-13,19-20H,3H2,1-2H3. The molecule has 0 fully saturated rings. The summed E-state index contributed by atoms with van der Waals surface area (Å²) in [6, 6.07) is 17.4. The van der Waals surface area contributed by atoms with E-state index in [1.54, 1.807) is 0 Å². The first kappa shape index (κ1) is 13.8. The molecule has 1 aromatic heterocycles. The second kappa shape index (κ2) is 6.06. The zero-order valence-electron chi connectivity index (χ0n) is 12.5. The van der Waals surface area contributed by atoms with Gasteiger partial charge in [-0.15, -0.1) is 0 Å². The van der Waals surface area contributed by atoms with Crippen LogP contribution in [0.4, 0.5) is 0 Å². The molecule has 0 aliphatic heterocycles. The Hall–Kier alpha value is -2.19. The molecule has 3 aromatic rings. The van der Waals surface area contributed by atoms with Crippen molar-refractivity contribution < 1.29 is 0 Å². The van der Waals surface area contributed by atoms with Gasteiger partial charge in [0, 0.05) is 17.8 Å². The molecule has 1 unspecified atom stereocenters. The number of nitrogens with zero attached hydrogens (tertiary/aromatic N) is 1. The topological polar surface area (TPSA) is 24.9 Å². The van der Waals surface area contributed by atoms with E-state index in [0.29, 0.717) is 0 Å². The number of fused-ring (bicyclic) bond motifs is 1. The molecule has 21 heavy (non-hydrogen) atoms. The van der Waals surface area contributed by atoms with E-state index in [9.17, 15) is 0 Å². The first-order valence-electron chi connectivity index (χ1n) is 7.42. The van der Waals surface area contributed by atoms with Gasteiger partial charge < -0.3 is 5.32 Å². The van der Waals surface area contributed by atoms with E-state index in [2.05, 4.69) is 65.8 Å². The van der Waals surface area contributed by atoms with Gasteiger partial charge in [-0.3, -0.25) is 4.98 Å². The van der Waals surface area contributed by atoms with Gasteiger partial charge in [0.25, 0.3) is 0 Å². The summed E-state index contributed by atoms with van der Waals surface area (Å²) in [5.74, 6) is 0. The Morgan fingerprint density at radius 1 is 1.00 bits per heavy atom. The molecule has 1 N–H and O–H groups in total. The molecule has 0 aliphatic rings. The maximum atomic E-state index is 4.40. The Morgan fingerprint density at radius 2 is 1.76 bits per heavy atom. The maximum absolute atomic E-state index is 4.40. The number of aryl methyl sites for hydroxylation is 1. The third kappa shape index (κ3) is 2.67. The minimum atomic E-state index is 0.162. The lowest BCUT2D eigenvalue weighted by Gasteiger charge is -2.19. The van der Waals surface area contributed by atoms with Crippen molar-refractivity contribution >= 4 is 10.8 Å². The summed E-state index contributed by atoms with van der Waals surface area (Å²) in [5, 5.41) is 5.86. The molecule has 2 aromatic carbocycles. The van der Waals surface area contributed by atoms with Gasteiger partial charge in [0.1, 0.15) is 0 Å². The fourth-order valence-corrected chi connectivity index (χ4v) is 2.82. The molecule has 3 rings (SSSR count). The molecule has 2 heteroatoms. The third-order valence-corrected chi connectivity index (χ3v) is 4.02. The highest BCUT2D eigenvalue weighted by atomic mass is 14.9. The van der Waals surface area contributed by atoms with Crippen LogP contribution in [0.5, 0.6) is 0 Å². The summed E-state index contributed by atoms with van der Waals surface area (Å²) in [4.78, 5) is 4.40. The number of rotatable bonds is 4. The summed E-state index contributed by atoms with van der Waals surface area (Å²) in [6.07, 6.45) is 4.96. The predicted octanol–water partition coefficient (Wildman–Crippen LogP) is 4.11. The molecule has 0 aliphatic carbocycles. The summed E-state index contributed by atoms with van der Waals surface area (Å²) in [5.41, 5.74) is 3.86. The number of aromatic nitrogens is 1. The van der Waals surface area contributed by atoms with Crippen LogP contribution in [-0.2, 0) is 6.42 Å². The van der Waals surface area contributed by atoms with Crippen LogP contribution in [0.1, 0.15) is 29.7 Å². The Morgan fingerprint density at radius 3 is 2.48 bits per heavy atom. The minimum Gasteiger partial charge on any atom is -0.309 e. The van der Waals surface area contributed by atoms with E-state index in [-0.39, 0.29) is 6.04 Å². The van der Waals surface area contributed by atoms with Crippen LogP contribution in [0.15, 0.2) is 60.9 Å². The summed E-state index contributed by atoms with van der Waals surface area (Å²) in [6.45, 7) is 2.18. The van der Waals surface area contributed by atoms with E-state index in [1.165, 1.54) is 27.5 Å². The first-order chi connectivity index (χ1) is 10.3. The lowest BCUT2D eigenvalue weighted by atomic mass is 9.95. The molecular formula is C19H20N2. The Balaban J connectivity index is 2.09. The fourth-order valence-electron chi connectivity index (χ4n) is 2.82. The van der Waals surface area contributed by atoms with Crippen LogP contribution in [0, 0.1) is 0 Å². The fraction of sp³-hybridized carbons (Fsp3) is 0.211. The lowest BCUT2D eigenvalue weighted by molar-refractivity contribution is 0.694. The van der Waals surface area contributed by atoms with Crippen molar-refractivity contribution in [2.75, 3.05) is 7.05 Å². The van der Waals surface area contributed by atoms with Crippen molar-refractivity contribution in [1.82, 2.24) is 10.3 Å². The average molecular weight is 276 g/mol. The van der Waals surface area contributed by atoms with Gasteiger partial charge in [0.15, 0.2) is 0 Å². The van der Waals surface area contributed by atoms with Crippen molar-refractivity contribution in [3.8, 4) is 0 Å². The zero-order chi connectivity index (χ0) is 14.7. The molecule has 0 radical (unpaired) electrons. The van der Waals surface area contributed by atoms with E-state index < -0.39 is 0 Å². The average Bonchev–Trinajstić information content (AvgIpc) is 2.56. The number of hydrogen-bond donors (Lipinski definition) is 1. The molecule has 0 bridgehead atoms. The van der Waals surface area contributed by atoms with Gasteiger partial charge in [-0.05, 0) is 35.5 Å². The monoisotopic (exact) mass is 276 g/mol. The molecule has 106 valence electrons. The van der Waals surface area contributed by atoms with Gasteiger partial charge in [-0.2, -0.15) is 0 Å². The highest BCUT2D eigenvalue weighted by Gasteiger charge is 2.14. The van der Waals surface area contributed by atoms with Crippen LogP contribution in [0.3, 0.4) is 0 Å². The number of nitrogens with one attached hydrogen (secondary N) is 1. The lowest BCUT2D eigenvalue weighted by Crippen LogP contribution is -2.18. The summed E-state index contributed by atoms with van der Waals surface area (Å²) < 4.78 is 0. The summed E-state index contributed by atoms with van der Waals surface area (Å²) in [7, 11) is 2.00. The van der Waals surface area contributed by atoms with Gasteiger partial charge in [0.2, 0.25) is 0 Å². The van der Waals surface area contributed by atoms with Gasteiger partial charge in [-0.25, -0.2) is 0 Å². The van der Waals surface area contributed by atoms with Crippen molar-refractivity contribution in [2.24, 2.45) is 0 Å². The van der Waals surface area contributed by atoms with Gasteiger partial charge in [0.05, 0.1) is 6.04 Å². The summed E-state index contributed by atoms with van der Waals surface area (Å²) >= 11 is 0. The maximum Gasteiger partial charge on any atom is 0.0595 e. The largest absolute Gasteiger partial charge is 0.309 e. The first-order valence-corrected chi connectivity index (χ1v) is 7.42. The molecule has 0 saturated carbocycles. The van der Waals surface area contributed by atoms with Crippen LogP contribution in [-0.4, -0.2) is 12.0 Å². The predicted molar refractivity (Wildman–Crippen MR) is 88.5 cm³/mol. The van der Waals surface area contributed by atoms with Crippen molar-refractivity contribution in [1.29, 1.82) is 0 Å². The highest BCUT2D eigenvalue weighted by molar-refractivity contribution is 5.85. The van der Waals surface area contributed by atoms with E-state index in [4.69, 9.17) is 0 Å². The van der Waals surface area contributed by atoms with Gasteiger partial charge in [-0.1, -0.05) is 55.5 Å². The minimum absolute atomic E-state index is 0.162. The molecule has 2 nitrogen and oxygen atoms in total. The van der Waals surface area contributed by atoms with Crippen molar-refractivity contribution in [3.05, 3.63) is 77.6 Å². The Bertz CT molecular complexity index is 727. The molecule has 1 heterocycles. The van der Waals surface area contributed by atoms with Crippen molar-refractivity contribution in [3.63, 3.8) is 0 Å². The molecular weight excluding hydrogens is 256 g/mol. The number of hydrogen-bond acceptors (Lipinski definition) is 2. The number of pyridine rings is 1. The van der Waals surface area contributed by atoms with Crippen molar-refractivity contribution in [2.45, 2.75) is 19.4 Å². The van der Waals surface area contributed by atoms with E-state index in [1.807, 2.05) is 19.4 Å². The third-order valence-electron chi connectivity index (χ3n) is 4.02. The molecule has 1 atom stereocenters. The van der Waals surface area contributed by atoms with Gasteiger partial charge >= 0.3 is 0 Å². The Kier molecular flexibility index (Phi) is 3.98.